The number of benzene rings is 3. The third-order valence-electron chi connectivity index (χ3n) is 7.78. The molecular weight excluding hydrogens is 611 g/mol. The highest BCUT2D eigenvalue weighted by Gasteiger charge is 2.18. The number of aromatic amines is 1. The van der Waals surface area contributed by atoms with Crippen molar-refractivity contribution < 1.29 is 13.2 Å². The minimum absolute atomic E-state index is 0.137. The van der Waals surface area contributed by atoms with Crippen molar-refractivity contribution in [1.29, 1.82) is 0 Å². The van der Waals surface area contributed by atoms with Gasteiger partial charge < -0.3 is 10.5 Å². The number of sulfonamides is 1. The standard InChI is InChI=1S/C29H40N4O4S.C8H11N/c1-5-8-9-12-17-31-38(35,36)25-15-16-28(37-18-6-2)24(19-25)21-33-29(34)26(22(4)32-33)20-30-27-14-11-10-13-23(27)7-3;1-2-7-5-3-4-6-8(7)9/h10-11,13-16,19-20,31-32H,5-9,12,17-18,21H2,1-4H3;3-6H,2,9H2,1H3. The first-order chi connectivity index (χ1) is 22.6. The van der Waals surface area contributed by atoms with E-state index in [9.17, 15) is 13.2 Å². The first-order valence-electron chi connectivity index (χ1n) is 16.6. The summed E-state index contributed by atoms with van der Waals surface area (Å²) in [5.74, 6) is 0.556. The summed E-state index contributed by atoms with van der Waals surface area (Å²) in [6.07, 6.45) is 8.21. The Kier molecular flexibility index (Phi) is 15.0. The minimum atomic E-state index is -3.68. The van der Waals surface area contributed by atoms with Crippen LogP contribution in [-0.4, -0.2) is 37.6 Å². The SMILES string of the molecule is CCCCCCNS(=O)(=O)c1ccc(OCCC)c(Cn2[nH]c(C)c(C=Nc3ccccc3CC)c2=O)c1.CCc1ccccc1N. The summed E-state index contributed by atoms with van der Waals surface area (Å²) < 4.78 is 35.9. The van der Waals surface area contributed by atoms with Gasteiger partial charge >= 0.3 is 0 Å². The summed E-state index contributed by atoms with van der Waals surface area (Å²) in [7, 11) is -3.68. The van der Waals surface area contributed by atoms with Crippen LogP contribution in [0.25, 0.3) is 0 Å². The number of para-hydroxylation sites is 2. The number of aliphatic imine (C=N–C) groups is 1. The largest absolute Gasteiger partial charge is 0.493 e. The molecule has 0 spiro atoms. The van der Waals surface area contributed by atoms with E-state index in [1.54, 1.807) is 24.4 Å². The van der Waals surface area contributed by atoms with Crippen LogP contribution in [0.3, 0.4) is 0 Å². The summed E-state index contributed by atoms with van der Waals surface area (Å²) >= 11 is 0. The van der Waals surface area contributed by atoms with Crippen molar-refractivity contribution in [2.45, 2.75) is 91.0 Å². The van der Waals surface area contributed by atoms with Crippen molar-refractivity contribution in [3.8, 4) is 5.75 Å². The van der Waals surface area contributed by atoms with Crippen LogP contribution in [0.1, 0.15) is 87.7 Å². The fraction of sp³-hybridized carbons (Fsp3) is 0.405. The molecule has 0 saturated heterocycles. The fourth-order valence-electron chi connectivity index (χ4n) is 5.02. The highest BCUT2D eigenvalue weighted by atomic mass is 32.2. The number of hydrogen-bond acceptors (Lipinski definition) is 6. The summed E-state index contributed by atoms with van der Waals surface area (Å²) in [6.45, 7) is 11.1. The summed E-state index contributed by atoms with van der Waals surface area (Å²) in [4.78, 5) is 18.0. The van der Waals surface area contributed by atoms with Gasteiger partial charge in [-0.05, 0) is 74.1 Å². The number of ether oxygens (including phenoxy) is 1. The average Bonchev–Trinajstić information content (AvgIpc) is 3.34. The van der Waals surface area contributed by atoms with Crippen molar-refractivity contribution in [3.63, 3.8) is 0 Å². The number of hydrogen-bond donors (Lipinski definition) is 3. The maximum absolute atomic E-state index is 13.3. The zero-order valence-electron chi connectivity index (χ0n) is 28.5. The van der Waals surface area contributed by atoms with Crippen LogP contribution in [0.4, 0.5) is 11.4 Å². The van der Waals surface area contributed by atoms with Crippen molar-refractivity contribution in [3.05, 3.63) is 105 Å². The van der Waals surface area contributed by atoms with Gasteiger partial charge in [-0.3, -0.25) is 14.9 Å². The van der Waals surface area contributed by atoms with E-state index in [4.69, 9.17) is 10.5 Å². The van der Waals surface area contributed by atoms with Gasteiger partial charge in [0, 0.05) is 29.7 Å². The van der Waals surface area contributed by atoms with E-state index >= 15 is 0 Å². The zero-order chi connectivity index (χ0) is 34.2. The van der Waals surface area contributed by atoms with Crippen LogP contribution in [0, 0.1) is 6.92 Å². The number of anilines is 1. The number of nitrogens with zero attached hydrogens (tertiary/aromatic N) is 2. The van der Waals surface area contributed by atoms with Crippen LogP contribution >= 0.6 is 0 Å². The molecule has 0 aliphatic heterocycles. The normalized spacial score (nSPS) is 11.4. The van der Waals surface area contributed by atoms with Gasteiger partial charge in [-0.2, -0.15) is 0 Å². The maximum atomic E-state index is 13.3. The smallest absolute Gasteiger partial charge is 0.275 e. The van der Waals surface area contributed by atoms with E-state index in [1.165, 1.54) is 10.2 Å². The lowest BCUT2D eigenvalue weighted by Crippen LogP contribution is -2.25. The lowest BCUT2D eigenvalue weighted by atomic mass is 10.1. The topological polar surface area (TPSA) is 132 Å². The number of nitrogens with two attached hydrogens (primary N) is 1. The first-order valence-corrected chi connectivity index (χ1v) is 18.1. The third kappa shape index (κ3) is 11.0. The van der Waals surface area contributed by atoms with Crippen LogP contribution in [-0.2, 0) is 29.4 Å². The number of aromatic nitrogens is 2. The van der Waals surface area contributed by atoms with Gasteiger partial charge in [0.25, 0.3) is 5.56 Å². The molecule has 1 heterocycles. The first kappa shape index (κ1) is 37.3. The average molecular weight is 662 g/mol. The molecule has 47 heavy (non-hydrogen) atoms. The van der Waals surface area contributed by atoms with E-state index in [0.29, 0.717) is 35.7 Å². The molecular formula is C37H51N5O4S. The van der Waals surface area contributed by atoms with Gasteiger partial charge in [0.05, 0.1) is 29.3 Å². The molecule has 0 amide bonds. The van der Waals surface area contributed by atoms with Crippen molar-refractivity contribution >= 4 is 27.6 Å². The van der Waals surface area contributed by atoms with Gasteiger partial charge in [0.1, 0.15) is 5.75 Å². The fourth-order valence-corrected chi connectivity index (χ4v) is 6.14. The summed E-state index contributed by atoms with van der Waals surface area (Å²) in [5.41, 5.74) is 11.2. The Morgan fingerprint density at radius 3 is 2.26 bits per heavy atom. The number of H-pyrrole nitrogens is 1. The molecule has 0 aliphatic rings. The second-order valence-corrected chi connectivity index (χ2v) is 13.2. The van der Waals surface area contributed by atoms with Gasteiger partial charge in [0.2, 0.25) is 10.0 Å². The second-order valence-electron chi connectivity index (χ2n) is 11.4. The third-order valence-corrected chi connectivity index (χ3v) is 9.24. The highest BCUT2D eigenvalue weighted by Crippen LogP contribution is 2.24. The Morgan fingerprint density at radius 1 is 0.894 bits per heavy atom. The summed E-state index contributed by atoms with van der Waals surface area (Å²) in [6, 6.07) is 20.6. The molecule has 9 nitrogen and oxygen atoms in total. The molecule has 1 aromatic heterocycles. The molecule has 0 saturated carbocycles. The molecule has 0 atom stereocenters. The quantitative estimate of drug-likeness (QED) is 0.0658. The van der Waals surface area contributed by atoms with Crippen LogP contribution < -0.4 is 20.8 Å². The lowest BCUT2D eigenvalue weighted by molar-refractivity contribution is 0.312. The van der Waals surface area contributed by atoms with Crippen LogP contribution in [0.2, 0.25) is 0 Å². The van der Waals surface area contributed by atoms with E-state index < -0.39 is 10.0 Å². The number of nitrogen functional groups attached to an aromatic ring is 1. The van der Waals surface area contributed by atoms with Crippen LogP contribution in [0.15, 0.2) is 81.4 Å². The molecule has 4 rings (SSSR count). The maximum Gasteiger partial charge on any atom is 0.275 e. The molecule has 4 N–H and O–H groups in total. The van der Waals surface area contributed by atoms with Gasteiger partial charge in [-0.25, -0.2) is 17.8 Å². The predicted octanol–water partition coefficient (Wildman–Crippen LogP) is 7.32. The Hall–Kier alpha value is -4.15. The predicted molar refractivity (Wildman–Crippen MR) is 194 cm³/mol. The van der Waals surface area contributed by atoms with E-state index in [2.05, 4.69) is 41.7 Å². The molecule has 0 unspecified atom stereocenters. The van der Waals surface area contributed by atoms with Crippen LogP contribution in [0.5, 0.6) is 5.75 Å². The van der Waals surface area contributed by atoms with E-state index in [1.807, 2.05) is 56.3 Å². The van der Waals surface area contributed by atoms with Crippen molar-refractivity contribution in [2.75, 3.05) is 18.9 Å². The Morgan fingerprint density at radius 2 is 1.60 bits per heavy atom. The number of nitrogens with one attached hydrogen (secondary N) is 2. The van der Waals surface area contributed by atoms with Crippen molar-refractivity contribution in [1.82, 2.24) is 14.5 Å². The molecule has 0 radical (unpaired) electrons. The van der Waals surface area contributed by atoms with E-state index in [0.717, 1.165) is 61.9 Å². The Bertz CT molecular complexity index is 1760. The Labute approximate surface area is 280 Å². The molecule has 0 aliphatic carbocycles. The second kappa shape index (κ2) is 18.9. The molecule has 254 valence electrons. The van der Waals surface area contributed by atoms with Gasteiger partial charge in [0.15, 0.2) is 0 Å². The molecule has 0 bridgehead atoms. The zero-order valence-corrected chi connectivity index (χ0v) is 29.3. The minimum Gasteiger partial charge on any atom is -0.493 e. The van der Waals surface area contributed by atoms with Gasteiger partial charge in [-0.1, -0.05) is 83.4 Å². The number of unbranched alkanes of at least 4 members (excludes halogenated alkanes) is 3. The molecule has 3 aromatic carbocycles. The summed E-state index contributed by atoms with van der Waals surface area (Å²) in [5, 5.41) is 3.11. The molecule has 4 aromatic rings. The monoisotopic (exact) mass is 661 g/mol. The van der Waals surface area contributed by atoms with Gasteiger partial charge in [-0.15, -0.1) is 0 Å². The van der Waals surface area contributed by atoms with Crippen molar-refractivity contribution in [2.24, 2.45) is 4.99 Å². The molecule has 10 heteroatoms. The highest BCUT2D eigenvalue weighted by molar-refractivity contribution is 7.89. The lowest BCUT2D eigenvalue weighted by Gasteiger charge is -2.14. The Balaban J connectivity index is 0.000000573. The number of rotatable bonds is 16. The van der Waals surface area contributed by atoms with E-state index in [-0.39, 0.29) is 17.0 Å². The number of aryl methyl sites for hydroxylation is 3. The molecule has 0 fully saturated rings.